The monoisotopic (exact) mass is 377 g/mol. The predicted octanol–water partition coefficient (Wildman–Crippen LogP) is 3.63. The minimum Gasteiger partial charge on any atom is -0.494 e. The van der Waals surface area contributed by atoms with Crippen LogP contribution < -0.4 is 21.8 Å². The Morgan fingerprint density at radius 1 is 1.07 bits per heavy atom. The first-order valence-corrected chi connectivity index (χ1v) is 9.89. The maximum absolute atomic E-state index is 12.5. The zero-order chi connectivity index (χ0) is 19.7. The van der Waals surface area contributed by atoms with E-state index in [1.165, 1.54) is 5.56 Å². The van der Waals surface area contributed by atoms with E-state index in [1.807, 2.05) is 37.3 Å². The second-order valence-electron chi connectivity index (χ2n) is 7.96. The Labute approximate surface area is 164 Å². The van der Waals surface area contributed by atoms with Crippen molar-refractivity contribution in [2.75, 3.05) is 12.3 Å². The average Bonchev–Trinajstić information content (AvgIpc) is 2.69. The number of rotatable bonds is 5. The van der Waals surface area contributed by atoms with E-state index in [0.717, 1.165) is 53.5 Å². The van der Waals surface area contributed by atoms with Crippen molar-refractivity contribution in [3.05, 3.63) is 69.5 Å². The third kappa shape index (κ3) is 3.62. The molecule has 0 radical (unpaired) electrons. The van der Waals surface area contributed by atoms with Crippen LogP contribution in [0, 0.1) is 0 Å². The number of H-pyrrole nitrogens is 1. The molecule has 2 aromatic carbocycles. The molecular formula is C23H27N3O2. The van der Waals surface area contributed by atoms with E-state index in [0.29, 0.717) is 18.7 Å². The van der Waals surface area contributed by atoms with Gasteiger partial charge in [-0.25, -0.2) is 0 Å². The fourth-order valence-corrected chi connectivity index (χ4v) is 4.01. The van der Waals surface area contributed by atoms with Gasteiger partial charge < -0.3 is 21.2 Å². The van der Waals surface area contributed by atoms with Crippen molar-refractivity contribution in [3.8, 4) is 5.75 Å². The SMILES string of the molecule is CC(N)(CCOc1ccc(N)cc1)c1ccc2c3c(c(=O)[nH]c2c1)CCCC3. The summed E-state index contributed by atoms with van der Waals surface area (Å²) in [7, 11) is 0. The molecule has 5 heteroatoms. The number of hydrogen-bond donors (Lipinski definition) is 3. The molecule has 1 aliphatic rings. The summed E-state index contributed by atoms with van der Waals surface area (Å²) >= 11 is 0. The van der Waals surface area contributed by atoms with Crippen LogP contribution in [0.5, 0.6) is 5.75 Å². The molecule has 5 N–H and O–H groups in total. The molecule has 3 aromatic rings. The van der Waals surface area contributed by atoms with E-state index in [2.05, 4.69) is 17.1 Å². The van der Waals surface area contributed by atoms with E-state index in [9.17, 15) is 4.79 Å². The number of aryl methyl sites for hydroxylation is 1. The second-order valence-corrected chi connectivity index (χ2v) is 7.96. The minimum absolute atomic E-state index is 0.0461. The molecule has 0 saturated carbocycles. The van der Waals surface area contributed by atoms with Gasteiger partial charge in [-0.3, -0.25) is 4.79 Å². The summed E-state index contributed by atoms with van der Waals surface area (Å²) in [5.74, 6) is 0.777. The summed E-state index contributed by atoms with van der Waals surface area (Å²) in [5, 5.41) is 1.15. The fraction of sp³-hybridized carbons (Fsp3) is 0.348. The summed E-state index contributed by atoms with van der Waals surface area (Å²) in [6.45, 7) is 2.49. The summed E-state index contributed by atoms with van der Waals surface area (Å²) in [5.41, 5.74) is 16.5. The number of pyridine rings is 1. The number of nitrogens with one attached hydrogen (secondary N) is 1. The lowest BCUT2D eigenvalue weighted by Gasteiger charge is -2.26. The Morgan fingerprint density at radius 2 is 1.79 bits per heavy atom. The van der Waals surface area contributed by atoms with Crippen molar-refractivity contribution in [2.24, 2.45) is 5.73 Å². The smallest absolute Gasteiger partial charge is 0.251 e. The van der Waals surface area contributed by atoms with Gasteiger partial charge in [0, 0.05) is 34.1 Å². The van der Waals surface area contributed by atoms with Crippen molar-refractivity contribution < 1.29 is 4.74 Å². The number of anilines is 1. The Kier molecular flexibility index (Phi) is 4.85. The van der Waals surface area contributed by atoms with Crippen molar-refractivity contribution in [2.45, 2.75) is 44.6 Å². The van der Waals surface area contributed by atoms with Crippen molar-refractivity contribution in [1.82, 2.24) is 4.98 Å². The first-order chi connectivity index (χ1) is 13.4. The van der Waals surface area contributed by atoms with Gasteiger partial charge in [0.1, 0.15) is 5.75 Å². The van der Waals surface area contributed by atoms with Gasteiger partial charge >= 0.3 is 0 Å². The Hall–Kier alpha value is -2.79. The van der Waals surface area contributed by atoms with Crippen LogP contribution in [0.2, 0.25) is 0 Å². The van der Waals surface area contributed by atoms with Crippen LogP contribution >= 0.6 is 0 Å². The Balaban J connectivity index is 1.55. The van der Waals surface area contributed by atoms with Gasteiger partial charge in [-0.1, -0.05) is 12.1 Å². The van der Waals surface area contributed by atoms with Crippen LogP contribution in [0.1, 0.15) is 42.9 Å². The first kappa shape index (κ1) is 18.6. The molecule has 0 fully saturated rings. The van der Waals surface area contributed by atoms with E-state index in [1.54, 1.807) is 0 Å². The number of aromatic amines is 1. The lowest BCUT2D eigenvalue weighted by Crippen LogP contribution is -2.35. The number of hydrogen-bond acceptors (Lipinski definition) is 4. The highest BCUT2D eigenvalue weighted by Gasteiger charge is 2.23. The molecular weight excluding hydrogens is 350 g/mol. The van der Waals surface area contributed by atoms with Gasteiger partial charge in [0.25, 0.3) is 5.56 Å². The molecule has 1 aliphatic carbocycles. The van der Waals surface area contributed by atoms with Crippen molar-refractivity contribution in [3.63, 3.8) is 0 Å². The highest BCUT2D eigenvalue weighted by atomic mass is 16.5. The molecule has 1 aromatic heterocycles. The molecule has 146 valence electrons. The second kappa shape index (κ2) is 7.32. The van der Waals surface area contributed by atoms with Crippen LogP contribution in [0.4, 0.5) is 5.69 Å². The number of benzene rings is 2. The molecule has 0 amide bonds. The first-order valence-electron chi connectivity index (χ1n) is 9.89. The Morgan fingerprint density at radius 3 is 2.54 bits per heavy atom. The average molecular weight is 377 g/mol. The lowest BCUT2D eigenvalue weighted by atomic mass is 9.86. The highest BCUT2D eigenvalue weighted by molar-refractivity contribution is 5.84. The van der Waals surface area contributed by atoms with Gasteiger partial charge in [0.2, 0.25) is 0 Å². The van der Waals surface area contributed by atoms with Gasteiger partial charge in [0.05, 0.1) is 6.61 Å². The molecule has 1 heterocycles. The molecule has 1 unspecified atom stereocenters. The molecule has 0 bridgehead atoms. The van der Waals surface area contributed by atoms with Crippen LogP contribution in [-0.2, 0) is 18.4 Å². The zero-order valence-corrected chi connectivity index (χ0v) is 16.3. The standard InChI is InChI=1S/C23H27N3O2/c1-23(25,12-13-28-17-9-7-16(24)8-10-17)15-6-11-19-18-4-2-3-5-20(18)22(27)26-21(19)14-15/h6-11,14H,2-5,12-13,24-25H2,1H3,(H,26,27). The highest BCUT2D eigenvalue weighted by Crippen LogP contribution is 2.29. The quantitative estimate of drug-likeness (QED) is 0.592. The third-order valence-corrected chi connectivity index (χ3v) is 5.76. The topological polar surface area (TPSA) is 94.1 Å². The fourth-order valence-electron chi connectivity index (χ4n) is 4.01. The molecule has 0 aliphatic heterocycles. The summed E-state index contributed by atoms with van der Waals surface area (Å²) in [6.07, 6.45) is 4.74. The maximum atomic E-state index is 12.5. The predicted molar refractivity (Wildman–Crippen MR) is 114 cm³/mol. The number of aromatic nitrogens is 1. The molecule has 28 heavy (non-hydrogen) atoms. The molecule has 5 nitrogen and oxygen atoms in total. The largest absolute Gasteiger partial charge is 0.494 e. The van der Waals surface area contributed by atoms with Crippen LogP contribution in [0.3, 0.4) is 0 Å². The van der Waals surface area contributed by atoms with E-state index < -0.39 is 5.54 Å². The van der Waals surface area contributed by atoms with Gasteiger partial charge in [-0.15, -0.1) is 0 Å². The van der Waals surface area contributed by atoms with Gasteiger partial charge in [0.15, 0.2) is 0 Å². The third-order valence-electron chi connectivity index (χ3n) is 5.76. The van der Waals surface area contributed by atoms with E-state index in [-0.39, 0.29) is 5.56 Å². The molecule has 1 atom stereocenters. The van der Waals surface area contributed by atoms with Gasteiger partial charge in [-0.05, 0) is 74.1 Å². The molecule has 4 rings (SSSR count). The number of nitrogen functional groups attached to an aromatic ring is 1. The van der Waals surface area contributed by atoms with Crippen LogP contribution in [0.15, 0.2) is 47.3 Å². The minimum atomic E-state index is -0.561. The lowest BCUT2D eigenvalue weighted by molar-refractivity contribution is 0.267. The van der Waals surface area contributed by atoms with E-state index in [4.69, 9.17) is 16.2 Å². The summed E-state index contributed by atoms with van der Waals surface area (Å²) in [4.78, 5) is 15.5. The zero-order valence-electron chi connectivity index (χ0n) is 16.3. The van der Waals surface area contributed by atoms with Crippen molar-refractivity contribution >= 4 is 16.6 Å². The maximum Gasteiger partial charge on any atom is 0.251 e. The van der Waals surface area contributed by atoms with E-state index >= 15 is 0 Å². The van der Waals surface area contributed by atoms with Crippen molar-refractivity contribution in [1.29, 1.82) is 0 Å². The Bertz CT molecular complexity index is 1050. The molecule has 0 saturated heterocycles. The van der Waals surface area contributed by atoms with Gasteiger partial charge in [-0.2, -0.15) is 0 Å². The normalized spacial score (nSPS) is 15.8. The molecule has 0 spiro atoms. The summed E-state index contributed by atoms with van der Waals surface area (Å²) in [6, 6.07) is 13.6. The number of nitrogens with two attached hydrogens (primary N) is 2. The van der Waals surface area contributed by atoms with Crippen LogP contribution in [0.25, 0.3) is 10.9 Å². The van der Waals surface area contributed by atoms with Crippen LogP contribution in [-0.4, -0.2) is 11.6 Å². The number of ether oxygens (including phenoxy) is 1. The number of fused-ring (bicyclic) bond motifs is 3. The summed E-state index contributed by atoms with van der Waals surface area (Å²) < 4.78 is 5.81.